The number of methoxy groups -OCH3 is 1. The zero-order chi connectivity index (χ0) is 22.1. The fourth-order valence-corrected chi connectivity index (χ4v) is 4.55. The second kappa shape index (κ2) is 8.63. The number of carbonyl (C=O) groups is 1. The number of nitro groups is 1. The molecule has 1 aliphatic heterocycles. The van der Waals surface area contributed by atoms with Crippen LogP contribution in [0, 0.1) is 15.5 Å². The lowest BCUT2D eigenvalue weighted by Crippen LogP contribution is -2.61. The highest BCUT2D eigenvalue weighted by atomic mass is 16.6. The highest BCUT2D eigenvalue weighted by molar-refractivity contribution is 5.70. The van der Waals surface area contributed by atoms with Crippen LogP contribution in [0.5, 0.6) is 5.75 Å². The van der Waals surface area contributed by atoms with Gasteiger partial charge in [0.05, 0.1) is 18.1 Å². The van der Waals surface area contributed by atoms with Gasteiger partial charge in [0.25, 0.3) is 0 Å². The van der Waals surface area contributed by atoms with Crippen LogP contribution in [0.3, 0.4) is 0 Å². The maximum atomic E-state index is 11.7. The summed E-state index contributed by atoms with van der Waals surface area (Å²) in [6.45, 7) is 8.31. The molecule has 0 bridgehead atoms. The van der Waals surface area contributed by atoms with Gasteiger partial charge in [0, 0.05) is 31.7 Å². The number of rotatable bonds is 4. The van der Waals surface area contributed by atoms with Crippen LogP contribution in [0.4, 0.5) is 10.5 Å². The fraction of sp³-hybridized carbons (Fsp3) is 0.591. The van der Waals surface area contributed by atoms with Crippen LogP contribution in [0.25, 0.3) is 5.57 Å². The molecule has 1 aliphatic carbocycles. The van der Waals surface area contributed by atoms with Crippen LogP contribution in [-0.4, -0.2) is 64.8 Å². The topological polar surface area (TPSA) is 96.2 Å². The van der Waals surface area contributed by atoms with Crippen molar-refractivity contribution in [3.63, 3.8) is 0 Å². The summed E-state index contributed by atoms with van der Waals surface area (Å²) in [4.78, 5) is 26.4. The quantitative estimate of drug-likeness (QED) is 0.581. The molecule has 1 heterocycles. The van der Waals surface area contributed by atoms with Gasteiger partial charge in [-0.15, -0.1) is 0 Å². The first-order chi connectivity index (χ1) is 14.1. The molecule has 0 radical (unpaired) electrons. The van der Waals surface area contributed by atoms with Crippen LogP contribution in [0.2, 0.25) is 0 Å². The number of nitro benzene ring substituents is 1. The standard InChI is InChI=1S/C22H31N3O5/c1-22(2,3)20-14-23(11-12-24(20)21(26)27)17-8-5-15(6-9-17)16-7-10-18(25(28)29)19(13-16)30-4/h5,7,10,13,17,20H,6,8-9,11-12,14H2,1-4H3,(H,26,27). The van der Waals surface area contributed by atoms with E-state index in [9.17, 15) is 20.0 Å². The fourth-order valence-electron chi connectivity index (χ4n) is 4.55. The van der Waals surface area contributed by atoms with E-state index in [1.54, 1.807) is 17.0 Å². The van der Waals surface area contributed by atoms with Crippen molar-refractivity contribution >= 4 is 17.4 Å². The summed E-state index contributed by atoms with van der Waals surface area (Å²) >= 11 is 0. The molecule has 0 saturated carbocycles. The van der Waals surface area contributed by atoms with Gasteiger partial charge in [-0.25, -0.2) is 4.79 Å². The Morgan fingerprint density at radius 3 is 2.57 bits per heavy atom. The van der Waals surface area contributed by atoms with E-state index >= 15 is 0 Å². The van der Waals surface area contributed by atoms with Crippen molar-refractivity contribution in [2.75, 3.05) is 26.7 Å². The van der Waals surface area contributed by atoms with E-state index in [0.717, 1.165) is 37.9 Å². The Labute approximate surface area is 177 Å². The molecule has 30 heavy (non-hydrogen) atoms. The number of allylic oxidation sites excluding steroid dienone is 1. The molecule has 0 spiro atoms. The molecule has 1 aromatic carbocycles. The van der Waals surface area contributed by atoms with E-state index in [-0.39, 0.29) is 22.9 Å². The van der Waals surface area contributed by atoms with E-state index in [1.807, 2.05) is 0 Å². The molecule has 2 unspecified atom stereocenters. The van der Waals surface area contributed by atoms with Crippen LogP contribution >= 0.6 is 0 Å². The van der Waals surface area contributed by atoms with Crippen molar-refractivity contribution in [3.8, 4) is 5.75 Å². The van der Waals surface area contributed by atoms with Crippen LogP contribution in [-0.2, 0) is 0 Å². The third kappa shape index (κ3) is 4.59. The molecule has 1 fully saturated rings. The molecule has 164 valence electrons. The highest BCUT2D eigenvalue weighted by Gasteiger charge is 2.39. The Kier molecular flexibility index (Phi) is 6.36. The Balaban J connectivity index is 1.72. The summed E-state index contributed by atoms with van der Waals surface area (Å²) in [6, 6.07) is 5.38. The van der Waals surface area contributed by atoms with Gasteiger partial charge in [-0.05, 0) is 47.9 Å². The van der Waals surface area contributed by atoms with Crippen LogP contribution in [0.1, 0.15) is 45.6 Å². The summed E-state index contributed by atoms with van der Waals surface area (Å²) in [6.07, 6.45) is 4.12. The summed E-state index contributed by atoms with van der Waals surface area (Å²) in [5, 5.41) is 20.7. The Bertz CT molecular complexity index is 846. The van der Waals surface area contributed by atoms with Gasteiger partial charge in [0.15, 0.2) is 5.75 Å². The number of hydrogen-bond donors (Lipinski definition) is 1. The van der Waals surface area contributed by atoms with Crippen molar-refractivity contribution in [1.82, 2.24) is 9.80 Å². The second-order valence-electron chi connectivity index (χ2n) is 9.15. The van der Waals surface area contributed by atoms with Crippen LogP contribution in [0.15, 0.2) is 24.3 Å². The minimum atomic E-state index is -0.840. The van der Waals surface area contributed by atoms with Gasteiger partial charge < -0.3 is 14.7 Å². The van der Waals surface area contributed by atoms with Gasteiger partial charge in [0.1, 0.15) is 0 Å². The van der Waals surface area contributed by atoms with Gasteiger partial charge in [0.2, 0.25) is 0 Å². The molecule has 2 aliphatic rings. The largest absolute Gasteiger partial charge is 0.490 e. The number of amides is 1. The Morgan fingerprint density at radius 1 is 1.30 bits per heavy atom. The van der Waals surface area contributed by atoms with E-state index < -0.39 is 11.0 Å². The first-order valence-corrected chi connectivity index (χ1v) is 10.4. The number of benzene rings is 1. The predicted octanol–water partition coefficient (Wildman–Crippen LogP) is 4.25. The summed E-state index contributed by atoms with van der Waals surface area (Å²) in [5.41, 5.74) is 1.98. The molecule has 2 atom stereocenters. The number of ether oxygens (including phenoxy) is 1. The first-order valence-electron chi connectivity index (χ1n) is 10.4. The highest BCUT2D eigenvalue weighted by Crippen LogP contribution is 2.36. The van der Waals surface area contributed by atoms with E-state index in [1.165, 1.54) is 18.7 Å². The van der Waals surface area contributed by atoms with Crippen LogP contribution < -0.4 is 4.74 Å². The molecule has 8 heteroatoms. The molecular weight excluding hydrogens is 386 g/mol. The molecule has 8 nitrogen and oxygen atoms in total. The monoisotopic (exact) mass is 417 g/mol. The number of carboxylic acid groups (broad SMARTS) is 1. The minimum Gasteiger partial charge on any atom is -0.490 e. The summed E-state index contributed by atoms with van der Waals surface area (Å²) in [5.74, 6) is 0.276. The third-order valence-electron chi connectivity index (χ3n) is 6.30. The van der Waals surface area contributed by atoms with Gasteiger partial charge >= 0.3 is 11.8 Å². The minimum absolute atomic E-state index is 0.0277. The number of hydrogen-bond acceptors (Lipinski definition) is 5. The summed E-state index contributed by atoms with van der Waals surface area (Å²) in [7, 11) is 1.44. The second-order valence-corrected chi connectivity index (χ2v) is 9.15. The van der Waals surface area contributed by atoms with Crippen molar-refractivity contribution in [3.05, 3.63) is 40.0 Å². The normalized spacial score (nSPS) is 23.1. The smallest absolute Gasteiger partial charge is 0.407 e. The lowest BCUT2D eigenvalue weighted by atomic mass is 9.83. The molecule has 1 N–H and O–H groups in total. The molecule has 3 rings (SSSR count). The molecule has 1 aromatic rings. The molecular formula is C22H31N3O5. The predicted molar refractivity (Wildman–Crippen MR) is 115 cm³/mol. The van der Waals surface area contributed by atoms with Crippen molar-refractivity contribution in [1.29, 1.82) is 0 Å². The van der Waals surface area contributed by atoms with Gasteiger partial charge in [-0.2, -0.15) is 0 Å². The van der Waals surface area contributed by atoms with Crippen molar-refractivity contribution in [2.24, 2.45) is 5.41 Å². The van der Waals surface area contributed by atoms with Gasteiger partial charge in [-0.1, -0.05) is 26.8 Å². The zero-order valence-electron chi connectivity index (χ0n) is 18.1. The molecule has 1 saturated heterocycles. The Hall–Kier alpha value is -2.61. The Morgan fingerprint density at radius 2 is 2.03 bits per heavy atom. The lowest BCUT2D eigenvalue weighted by molar-refractivity contribution is -0.385. The maximum absolute atomic E-state index is 11.7. The van der Waals surface area contributed by atoms with Crippen molar-refractivity contribution in [2.45, 2.75) is 52.1 Å². The first kappa shape index (κ1) is 22.1. The number of nitrogens with zero attached hydrogens (tertiary/aromatic N) is 3. The maximum Gasteiger partial charge on any atom is 0.407 e. The molecule has 1 amide bonds. The average Bonchev–Trinajstić information content (AvgIpc) is 2.72. The van der Waals surface area contributed by atoms with E-state index in [0.29, 0.717) is 12.6 Å². The third-order valence-corrected chi connectivity index (χ3v) is 6.30. The zero-order valence-corrected chi connectivity index (χ0v) is 18.1. The van der Waals surface area contributed by atoms with Gasteiger partial charge in [-0.3, -0.25) is 15.0 Å². The van der Waals surface area contributed by atoms with E-state index in [4.69, 9.17) is 4.74 Å². The number of piperazine rings is 1. The lowest BCUT2D eigenvalue weighted by Gasteiger charge is -2.48. The summed E-state index contributed by atoms with van der Waals surface area (Å²) < 4.78 is 5.20. The SMILES string of the molecule is COc1cc(C2=CCC(N3CCN(C(=O)O)C(C(C)(C)C)C3)CC2)ccc1[N+](=O)[O-]. The van der Waals surface area contributed by atoms with E-state index in [2.05, 4.69) is 31.7 Å². The molecule has 0 aromatic heterocycles. The average molecular weight is 418 g/mol. The van der Waals surface area contributed by atoms with Crippen molar-refractivity contribution < 1.29 is 19.6 Å².